The van der Waals surface area contributed by atoms with Gasteiger partial charge in [-0.3, -0.25) is 4.79 Å². The summed E-state index contributed by atoms with van der Waals surface area (Å²) in [6, 6.07) is 15.1. The number of nitrogens with zero attached hydrogens (tertiary/aromatic N) is 1. The van der Waals surface area contributed by atoms with E-state index >= 15 is 0 Å². The Labute approximate surface area is 141 Å². The Balaban J connectivity index is 1.63. The normalized spacial score (nSPS) is 19.8. The lowest BCUT2D eigenvalue weighted by Crippen LogP contribution is -2.28. The minimum Gasteiger partial charge on any atom is -0.454 e. The number of likely N-dealkylation sites (tertiary alicyclic amines) is 1. The van der Waals surface area contributed by atoms with E-state index in [1.54, 1.807) is 12.1 Å². The minimum atomic E-state index is -0.315. The molecule has 4 rings (SSSR count). The summed E-state index contributed by atoms with van der Waals surface area (Å²) in [5.41, 5.74) is 3.11. The van der Waals surface area contributed by atoms with Gasteiger partial charge in [0.05, 0.1) is 5.56 Å². The number of rotatable bonds is 2. The van der Waals surface area contributed by atoms with Gasteiger partial charge < -0.3 is 9.64 Å². The van der Waals surface area contributed by atoms with Crippen molar-refractivity contribution in [3.05, 3.63) is 70.8 Å². The van der Waals surface area contributed by atoms with Crippen molar-refractivity contribution >= 4 is 11.9 Å². The number of benzene rings is 2. The van der Waals surface area contributed by atoms with Crippen LogP contribution in [0.2, 0.25) is 0 Å². The average Bonchev–Trinajstić information content (AvgIpc) is 3.16. The van der Waals surface area contributed by atoms with Gasteiger partial charge >= 0.3 is 5.97 Å². The molecule has 0 spiro atoms. The first-order valence-corrected chi connectivity index (χ1v) is 8.40. The lowest BCUT2D eigenvalue weighted by atomic mass is 9.93. The molecule has 24 heavy (non-hydrogen) atoms. The highest BCUT2D eigenvalue weighted by atomic mass is 16.5. The van der Waals surface area contributed by atoms with Crippen molar-refractivity contribution in [1.29, 1.82) is 0 Å². The Morgan fingerprint density at radius 1 is 1.04 bits per heavy atom. The summed E-state index contributed by atoms with van der Waals surface area (Å²) in [6.45, 7) is 1.65. The zero-order valence-corrected chi connectivity index (χ0v) is 13.4. The molecule has 2 heterocycles. The molecule has 0 N–H and O–H groups in total. The van der Waals surface area contributed by atoms with Gasteiger partial charge in [-0.15, -0.1) is 0 Å². The maximum Gasteiger partial charge on any atom is 0.339 e. The summed E-state index contributed by atoms with van der Waals surface area (Å²) in [5.74, 6) is -0.254. The number of hydrogen-bond donors (Lipinski definition) is 0. The van der Waals surface area contributed by atoms with E-state index in [9.17, 15) is 9.59 Å². The second kappa shape index (κ2) is 6.11. The van der Waals surface area contributed by atoms with E-state index in [4.69, 9.17) is 4.74 Å². The standard InChI is InChI=1S/C20H19NO3/c22-19(21-10-4-5-11-21)15-8-9-17-16(12-15)13-18(24-20(17)23)14-6-2-1-3-7-14/h1-3,6-9,12,18H,4-5,10-11,13H2/t18-/m1/s1. The lowest BCUT2D eigenvalue weighted by Gasteiger charge is -2.25. The molecule has 0 saturated carbocycles. The first kappa shape index (κ1) is 14.9. The van der Waals surface area contributed by atoms with Crippen molar-refractivity contribution in [3.63, 3.8) is 0 Å². The van der Waals surface area contributed by atoms with Crippen molar-refractivity contribution in [1.82, 2.24) is 4.90 Å². The van der Waals surface area contributed by atoms with Crippen molar-refractivity contribution in [3.8, 4) is 0 Å². The molecule has 2 aromatic rings. The smallest absolute Gasteiger partial charge is 0.339 e. The summed E-state index contributed by atoms with van der Waals surface area (Å²) in [5, 5.41) is 0. The molecule has 1 fully saturated rings. The van der Waals surface area contributed by atoms with Crippen molar-refractivity contribution < 1.29 is 14.3 Å². The molecular weight excluding hydrogens is 302 g/mol. The Morgan fingerprint density at radius 2 is 1.79 bits per heavy atom. The van der Waals surface area contributed by atoms with Crippen LogP contribution in [0.25, 0.3) is 0 Å². The largest absolute Gasteiger partial charge is 0.454 e. The second-order valence-corrected chi connectivity index (χ2v) is 6.38. The van der Waals surface area contributed by atoms with Gasteiger partial charge in [-0.25, -0.2) is 4.79 Å². The van der Waals surface area contributed by atoms with Gasteiger partial charge in [0.15, 0.2) is 0 Å². The predicted molar refractivity (Wildman–Crippen MR) is 89.9 cm³/mol. The van der Waals surface area contributed by atoms with Crippen LogP contribution in [-0.2, 0) is 11.2 Å². The summed E-state index contributed by atoms with van der Waals surface area (Å²) < 4.78 is 5.56. The van der Waals surface area contributed by atoms with Crippen LogP contribution in [0.4, 0.5) is 0 Å². The maximum atomic E-state index is 12.6. The van der Waals surface area contributed by atoms with Crippen molar-refractivity contribution in [2.75, 3.05) is 13.1 Å². The van der Waals surface area contributed by atoms with Crippen LogP contribution in [0.5, 0.6) is 0 Å². The van der Waals surface area contributed by atoms with Crippen LogP contribution in [0.3, 0.4) is 0 Å². The van der Waals surface area contributed by atoms with Crippen LogP contribution in [0.15, 0.2) is 48.5 Å². The van der Waals surface area contributed by atoms with E-state index in [1.165, 1.54) is 0 Å². The Morgan fingerprint density at radius 3 is 2.54 bits per heavy atom. The molecule has 0 aliphatic carbocycles. The fraction of sp³-hybridized carbons (Fsp3) is 0.300. The number of ether oxygens (including phenoxy) is 1. The van der Waals surface area contributed by atoms with E-state index < -0.39 is 0 Å². The maximum absolute atomic E-state index is 12.6. The Kier molecular flexibility index (Phi) is 3.81. The summed E-state index contributed by atoms with van der Waals surface area (Å²) in [7, 11) is 0. The van der Waals surface area contributed by atoms with E-state index in [0.717, 1.165) is 37.1 Å². The van der Waals surface area contributed by atoms with Crippen molar-refractivity contribution in [2.24, 2.45) is 0 Å². The molecule has 2 aliphatic rings. The van der Waals surface area contributed by atoms with E-state index in [1.807, 2.05) is 41.3 Å². The van der Waals surface area contributed by atoms with E-state index in [0.29, 0.717) is 17.5 Å². The zero-order valence-electron chi connectivity index (χ0n) is 13.4. The molecule has 1 amide bonds. The first-order valence-electron chi connectivity index (χ1n) is 8.40. The first-order chi connectivity index (χ1) is 11.7. The number of esters is 1. The third-order valence-electron chi connectivity index (χ3n) is 4.79. The average molecular weight is 321 g/mol. The Hall–Kier alpha value is -2.62. The summed E-state index contributed by atoms with van der Waals surface area (Å²) >= 11 is 0. The molecular formula is C20H19NO3. The topological polar surface area (TPSA) is 46.6 Å². The summed E-state index contributed by atoms with van der Waals surface area (Å²) in [4.78, 5) is 26.8. The molecule has 0 aromatic heterocycles. The molecule has 2 aliphatic heterocycles. The second-order valence-electron chi connectivity index (χ2n) is 6.38. The molecule has 4 nitrogen and oxygen atoms in total. The molecule has 0 radical (unpaired) electrons. The number of amides is 1. The monoisotopic (exact) mass is 321 g/mol. The van der Waals surface area contributed by atoms with Crippen LogP contribution in [0, 0.1) is 0 Å². The van der Waals surface area contributed by atoms with Gasteiger partial charge in [-0.05, 0) is 42.2 Å². The SMILES string of the molecule is O=C1O[C@@H](c2ccccc2)Cc2cc(C(=O)N3CCCC3)ccc21. The molecule has 1 saturated heterocycles. The minimum absolute atomic E-state index is 0.0606. The fourth-order valence-electron chi connectivity index (χ4n) is 3.49. The van der Waals surface area contributed by atoms with Crippen molar-refractivity contribution in [2.45, 2.75) is 25.4 Å². The Bertz CT molecular complexity index is 779. The molecule has 0 bridgehead atoms. The highest BCUT2D eigenvalue weighted by molar-refractivity contribution is 5.97. The molecule has 4 heteroatoms. The fourth-order valence-corrected chi connectivity index (χ4v) is 3.49. The van der Waals surface area contributed by atoms with Crippen LogP contribution in [-0.4, -0.2) is 29.9 Å². The number of fused-ring (bicyclic) bond motifs is 1. The molecule has 2 aromatic carbocycles. The van der Waals surface area contributed by atoms with Gasteiger partial charge in [-0.2, -0.15) is 0 Å². The van der Waals surface area contributed by atoms with Crippen LogP contribution in [0.1, 0.15) is 50.8 Å². The highest BCUT2D eigenvalue weighted by Crippen LogP contribution is 2.31. The number of hydrogen-bond acceptors (Lipinski definition) is 3. The quantitative estimate of drug-likeness (QED) is 0.797. The van der Waals surface area contributed by atoms with Gasteiger partial charge in [0.1, 0.15) is 6.10 Å². The molecule has 122 valence electrons. The van der Waals surface area contributed by atoms with Crippen LogP contribution >= 0.6 is 0 Å². The molecule has 1 atom stereocenters. The third-order valence-corrected chi connectivity index (χ3v) is 4.79. The van der Waals surface area contributed by atoms with E-state index in [-0.39, 0.29) is 18.0 Å². The number of carbonyl (C=O) groups excluding carboxylic acids is 2. The summed E-state index contributed by atoms with van der Waals surface area (Å²) in [6.07, 6.45) is 2.45. The third kappa shape index (κ3) is 2.68. The zero-order chi connectivity index (χ0) is 16.5. The van der Waals surface area contributed by atoms with Gasteiger partial charge in [0, 0.05) is 25.1 Å². The van der Waals surface area contributed by atoms with Crippen LogP contribution < -0.4 is 0 Å². The molecule has 0 unspecified atom stereocenters. The number of carbonyl (C=O) groups is 2. The predicted octanol–water partition coefficient (Wildman–Crippen LogP) is 3.38. The van der Waals surface area contributed by atoms with Gasteiger partial charge in [0.25, 0.3) is 5.91 Å². The number of cyclic esters (lactones) is 1. The van der Waals surface area contributed by atoms with Gasteiger partial charge in [0.2, 0.25) is 0 Å². The highest BCUT2D eigenvalue weighted by Gasteiger charge is 2.29. The lowest BCUT2D eigenvalue weighted by molar-refractivity contribution is 0.0252. The van der Waals surface area contributed by atoms with E-state index in [2.05, 4.69) is 0 Å². The van der Waals surface area contributed by atoms with Gasteiger partial charge in [-0.1, -0.05) is 30.3 Å².